The number of aliphatic hydroxyl groups excluding tert-OH is 1. The third kappa shape index (κ3) is 3.44. The molecule has 1 N–H and O–H groups in total. The highest BCUT2D eigenvalue weighted by Crippen LogP contribution is 2.31. The van der Waals surface area contributed by atoms with Gasteiger partial charge in [-0.15, -0.1) is 0 Å². The third-order valence-corrected chi connectivity index (χ3v) is 4.51. The lowest BCUT2D eigenvalue weighted by Crippen LogP contribution is -2.00. The summed E-state index contributed by atoms with van der Waals surface area (Å²) in [6.45, 7) is 0. The molecule has 1 unspecified atom stereocenters. The Morgan fingerprint density at radius 3 is 2.53 bits per heavy atom. The maximum Gasteiger partial charge on any atom is 0.183 e. The standard InChI is InChI=1S/C12H9Br3O2/c13-8-3-1-2-7(4-8)5-10(16)11-6-9(14)12(15)17-11/h1-4,6,10,16H,5H2. The molecule has 1 heterocycles. The molecule has 0 aliphatic rings. The summed E-state index contributed by atoms with van der Waals surface area (Å²) >= 11 is 9.98. The number of aliphatic hydroxyl groups is 1. The van der Waals surface area contributed by atoms with Crippen LogP contribution < -0.4 is 0 Å². The molecular formula is C12H9Br3O2. The first-order valence-electron chi connectivity index (χ1n) is 4.93. The van der Waals surface area contributed by atoms with Gasteiger partial charge in [0.2, 0.25) is 0 Å². The first kappa shape index (κ1) is 13.3. The minimum atomic E-state index is -0.646. The molecule has 2 aromatic rings. The van der Waals surface area contributed by atoms with E-state index in [-0.39, 0.29) is 0 Å². The van der Waals surface area contributed by atoms with Crippen LogP contribution in [0.2, 0.25) is 0 Å². The van der Waals surface area contributed by atoms with Crippen LogP contribution in [0.4, 0.5) is 0 Å². The van der Waals surface area contributed by atoms with Crippen molar-refractivity contribution in [2.75, 3.05) is 0 Å². The van der Waals surface area contributed by atoms with Crippen LogP contribution in [0, 0.1) is 0 Å². The molecular weight excluding hydrogens is 416 g/mol. The quantitative estimate of drug-likeness (QED) is 0.764. The van der Waals surface area contributed by atoms with Gasteiger partial charge < -0.3 is 9.52 Å². The monoisotopic (exact) mass is 422 g/mol. The van der Waals surface area contributed by atoms with Crippen LogP contribution in [-0.4, -0.2) is 5.11 Å². The van der Waals surface area contributed by atoms with Crippen LogP contribution >= 0.6 is 47.8 Å². The van der Waals surface area contributed by atoms with Gasteiger partial charge in [-0.1, -0.05) is 28.1 Å². The fourth-order valence-electron chi connectivity index (χ4n) is 1.52. The third-order valence-electron chi connectivity index (χ3n) is 2.31. The summed E-state index contributed by atoms with van der Waals surface area (Å²) in [6, 6.07) is 9.63. The lowest BCUT2D eigenvalue weighted by atomic mass is 10.1. The van der Waals surface area contributed by atoms with E-state index in [0.717, 1.165) is 14.5 Å². The van der Waals surface area contributed by atoms with Crippen molar-refractivity contribution >= 4 is 47.8 Å². The predicted octanol–water partition coefficient (Wildman–Crippen LogP) is 4.84. The second-order valence-electron chi connectivity index (χ2n) is 3.62. The Morgan fingerprint density at radius 2 is 1.94 bits per heavy atom. The molecule has 0 amide bonds. The van der Waals surface area contributed by atoms with Crippen LogP contribution in [0.5, 0.6) is 0 Å². The zero-order valence-electron chi connectivity index (χ0n) is 8.66. The molecule has 0 aliphatic carbocycles. The van der Waals surface area contributed by atoms with Gasteiger partial charge in [-0.3, -0.25) is 0 Å². The smallest absolute Gasteiger partial charge is 0.183 e. The molecule has 0 fully saturated rings. The highest BCUT2D eigenvalue weighted by atomic mass is 79.9. The summed E-state index contributed by atoms with van der Waals surface area (Å²) < 4.78 is 7.79. The fourth-order valence-corrected chi connectivity index (χ4v) is 2.57. The fraction of sp³-hybridized carbons (Fsp3) is 0.167. The minimum Gasteiger partial charge on any atom is -0.450 e. The highest BCUT2D eigenvalue weighted by molar-refractivity contribution is 9.13. The Kier molecular flexibility index (Phi) is 4.47. The van der Waals surface area contributed by atoms with E-state index >= 15 is 0 Å². The molecule has 0 radical (unpaired) electrons. The number of hydrogen-bond donors (Lipinski definition) is 1. The van der Waals surface area contributed by atoms with Gasteiger partial charge >= 0.3 is 0 Å². The zero-order chi connectivity index (χ0) is 12.4. The molecule has 17 heavy (non-hydrogen) atoms. The summed E-state index contributed by atoms with van der Waals surface area (Å²) in [5.74, 6) is 0.545. The maximum atomic E-state index is 10.1. The molecule has 90 valence electrons. The van der Waals surface area contributed by atoms with E-state index in [2.05, 4.69) is 47.8 Å². The first-order chi connectivity index (χ1) is 8.06. The van der Waals surface area contributed by atoms with Crippen molar-refractivity contribution in [1.82, 2.24) is 0 Å². The molecule has 0 saturated carbocycles. The van der Waals surface area contributed by atoms with Gasteiger partial charge in [-0.25, -0.2) is 0 Å². The van der Waals surface area contributed by atoms with Gasteiger partial charge in [-0.2, -0.15) is 0 Å². The Balaban J connectivity index is 2.14. The van der Waals surface area contributed by atoms with E-state index in [1.807, 2.05) is 24.3 Å². The molecule has 0 saturated heterocycles. The van der Waals surface area contributed by atoms with Gasteiger partial charge in [0, 0.05) is 10.9 Å². The largest absolute Gasteiger partial charge is 0.450 e. The molecule has 1 aromatic carbocycles. The van der Waals surface area contributed by atoms with Crippen LogP contribution in [0.15, 0.2) is 48.4 Å². The SMILES string of the molecule is OC(Cc1cccc(Br)c1)c1cc(Br)c(Br)o1. The van der Waals surface area contributed by atoms with Gasteiger partial charge in [0.15, 0.2) is 4.67 Å². The van der Waals surface area contributed by atoms with Crippen molar-refractivity contribution in [3.05, 3.63) is 55.3 Å². The second-order valence-corrected chi connectivity index (χ2v) is 6.11. The van der Waals surface area contributed by atoms with E-state index in [0.29, 0.717) is 16.9 Å². The Hall–Kier alpha value is -0.100. The first-order valence-corrected chi connectivity index (χ1v) is 7.31. The number of furan rings is 1. The number of benzene rings is 1. The molecule has 1 atom stereocenters. The van der Waals surface area contributed by atoms with Crippen LogP contribution in [0.1, 0.15) is 17.4 Å². The Labute approximate surface area is 124 Å². The summed E-state index contributed by atoms with van der Waals surface area (Å²) in [4.78, 5) is 0. The lowest BCUT2D eigenvalue weighted by Gasteiger charge is -2.07. The van der Waals surface area contributed by atoms with Crippen LogP contribution in [0.3, 0.4) is 0 Å². The van der Waals surface area contributed by atoms with Gasteiger partial charge in [0.25, 0.3) is 0 Å². The summed E-state index contributed by atoms with van der Waals surface area (Å²) in [6.07, 6.45) is -0.127. The topological polar surface area (TPSA) is 33.4 Å². The zero-order valence-corrected chi connectivity index (χ0v) is 13.4. The Bertz CT molecular complexity index is 503. The second kappa shape index (κ2) is 5.69. The molecule has 2 rings (SSSR count). The lowest BCUT2D eigenvalue weighted by molar-refractivity contribution is 0.149. The van der Waals surface area contributed by atoms with E-state index in [1.54, 1.807) is 6.07 Å². The number of rotatable bonds is 3. The number of hydrogen-bond acceptors (Lipinski definition) is 2. The van der Waals surface area contributed by atoms with E-state index in [4.69, 9.17) is 4.42 Å². The normalized spacial score (nSPS) is 12.7. The van der Waals surface area contributed by atoms with Gasteiger partial charge in [0.05, 0.1) is 4.47 Å². The molecule has 5 heteroatoms. The van der Waals surface area contributed by atoms with Gasteiger partial charge in [0.1, 0.15) is 11.9 Å². The van der Waals surface area contributed by atoms with Crippen LogP contribution in [0.25, 0.3) is 0 Å². The molecule has 1 aromatic heterocycles. The predicted molar refractivity (Wildman–Crippen MR) is 76.9 cm³/mol. The molecule has 0 aliphatic heterocycles. The van der Waals surface area contributed by atoms with Gasteiger partial charge in [-0.05, 0) is 55.6 Å². The van der Waals surface area contributed by atoms with Crippen molar-refractivity contribution in [2.45, 2.75) is 12.5 Å². The maximum absolute atomic E-state index is 10.1. The van der Waals surface area contributed by atoms with Crippen molar-refractivity contribution in [3.63, 3.8) is 0 Å². The van der Waals surface area contributed by atoms with E-state index in [1.165, 1.54) is 0 Å². The minimum absolute atomic E-state index is 0.520. The van der Waals surface area contributed by atoms with Crippen molar-refractivity contribution in [1.29, 1.82) is 0 Å². The average molecular weight is 425 g/mol. The highest BCUT2D eigenvalue weighted by Gasteiger charge is 2.15. The number of halogens is 3. The van der Waals surface area contributed by atoms with Crippen molar-refractivity contribution in [2.24, 2.45) is 0 Å². The van der Waals surface area contributed by atoms with E-state index < -0.39 is 6.10 Å². The summed E-state index contributed by atoms with van der Waals surface area (Å²) in [7, 11) is 0. The molecule has 0 bridgehead atoms. The summed E-state index contributed by atoms with van der Waals surface area (Å²) in [5, 5.41) is 10.1. The summed E-state index contributed by atoms with van der Waals surface area (Å²) in [5.41, 5.74) is 1.05. The molecule has 0 spiro atoms. The molecule has 2 nitrogen and oxygen atoms in total. The van der Waals surface area contributed by atoms with Crippen LogP contribution in [-0.2, 0) is 6.42 Å². The van der Waals surface area contributed by atoms with E-state index in [9.17, 15) is 5.11 Å². The average Bonchev–Trinajstić information content (AvgIpc) is 2.59. The van der Waals surface area contributed by atoms with Crippen molar-refractivity contribution in [3.8, 4) is 0 Å². The Morgan fingerprint density at radius 1 is 1.18 bits per heavy atom. The van der Waals surface area contributed by atoms with Crippen molar-refractivity contribution < 1.29 is 9.52 Å².